The summed E-state index contributed by atoms with van der Waals surface area (Å²) in [6.07, 6.45) is -25.6. The summed E-state index contributed by atoms with van der Waals surface area (Å²) in [6.45, 7) is 9.55. The Morgan fingerprint density at radius 2 is 1.09 bits per heavy atom. The molecule has 254 valence electrons. The first kappa shape index (κ1) is 36.5. The fourth-order valence-corrected chi connectivity index (χ4v) is 9.92. The average molecular weight is 651 g/mol. The zero-order valence-electron chi connectivity index (χ0n) is 24.9. The van der Waals surface area contributed by atoms with E-state index in [2.05, 4.69) is 0 Å². The van der Waals surface area contributed by atoms with Crippen LogP contribution in [-0.2, 0) is 0 Å². The number of aliphatic hydroxyl groups is 2. The number of alkyl halides is 12. The Labute approximate surface area is 244 Å². The topological polar surface area (TPSA) is 40.5 Å². The van der Waals surface area contributed by atoms with Crippen molar-refractivity contribution >= 4 is 0 Å². The lowest BCUT2D eigenvalue weighted by Gasteiger charge is -2.46. The van der Waals surface area contributed by atoms with Crippen molar-refractivity contribution in [3.8, 4) is 0 Å². The van der Waals surface area contributed by atoms with E-state index in [1.807, 2.05) is 34.6 Å². The second-order valence-corrected chi connectivity index (χ2v) is 14.9. The number of halogens is 12. The molecule has 3 rings (SSSR count). The molecule has 3 fully saturated rings. The smallest absolute Gasteiger partial charge is 0.374 e. The fraction of sp³-hybridized carbons (Fsp3) is 1.00. The largest absolute Gasteiger partial charge is 0.426 e. The summed E-state index contributed by atoms with van der Waals surface area (Å²) in [5.41, 5.74) is -11.3. The number of rotatable bonds is 7. The molecule has 14 heteroatoms. The van der Waals surface area contributed by atoms with Crippen molar-refractivity contribution < 1.29 is 62.9 Å². The van der Waals surface area contributed by atoms with Gasteiger partial charge in [-0.3, -0.25) is 0 Å². The lowest BCUT2D eigenvalue weighted by atomic mass is 9.60. The SMILES string of the molecule is CCC1C(CCCC(O)(C(F)(F)F)C(F)(F)F)C2(CC1(C)C)CC(C)(C)C1CC(CC(O)(C(F)(F)F)C(F)(F)F)CCC12. The minimum absolute atomic E-state index is 0.0142. The van der Waals surface area contributed by atoms with Crippen LogP contribution in [0.3, 0.4) is 0 Å². The van der Waals surface area contributed by atoms with Crippen molar-refractivity contribution in [2.75, 3.05) is 0 Å². The van der Waals surface area contributed by atoms with Crippen molar-refractivity contribution in [2.24, 2.45) is 45.8 Å². The summed E-state index contributed by atoms with van der Waals surface area (Å²) >= 11 is 0. The molecule has 1 spiro atoms. The molecule has 0 amide bonds. The van der Waals surface area contributed by atoms with Crippen LogP contribution in [0.5, 0.6) is 0 Å². The van der Waals surface area contributed by atoms with Gasteiger partial charge in [-0.1, -0.05) is 47.5 Å². The van der Waals surface area contributed by atoms with Gasteiger partial charge in [0.25, 0.3) is 11.2 Å². The molecule has 6 atom stereocenters. The molecular weight excluding hydrogens is 608 g/mol. The van der Waals surface area contributed by atoms with Crippen LogP contribution in [0.4, 0.5) is 52.7 Å². The molecular formula is C29H42F12O2. The highest BCUT2D eigenvalue weighted by Crippen LogP contribution is 2.74. The van der Waals surface area contributed by atoms with E-state index in [4.69, 9.17) is 0 Å². The normalized spacial score (nSPS) is 33.7. The van der Waals surface area contributed by atoms with Crippen LogP contribution in [-0.4, -0.2) is 46.1 Å². The van der Waals surface area contributed by atoms with Crippen molar-refractivity contribution in [2.45, 2.75) is 135 Å². The zero-order valence-corrected chi connectivity index (χ0v) is 24.9. The van der Waals surface area contributed by atoms with Gasteiger partial charge in [0, 0.05) is 0 Å². The summed E-state index contributed by atoms with van der Waals surface area (Å²) in [7, 11) is 0. The Morgan fingerprint density at radius 3 is 1.53 bits per heavy atom. The quantitative estimate of drug-likeness (QED) is 0.270. The second-order valence-electron chi connectivity index (χ2n) is 14.9. The highest BCUT2D eigenvalue weighted by molar-refractivity contribution is 5.16. The van der Waals surface area contributed by atoms with E-state index >= 15 is 0 Å². The average Bonchev–Trinajstić information content (AvgIpc) is 3.14. The standard InChI is InChI=1S/C29H42F12O2/c1-6-17-18(8-7-11-24(42,26(30,31)32)27(33,34)35)23(14-21(17,2)3)15-22(4,5)20-12-16(9-10-19(20)23)13-25(43,28(36,37)38)29(39,40)41/h16-20,42-43H,6-15H2,1-5H3. The highest BCUT2D eigenvalue weighted by Gasteiger charge is 2.73. The third-order valence-corrected chi connectivity index (χ3v) is 11.5. The maximum Gasteiger partial charge on any atom is 0.426 e. The van der Waals surface area contributed by atoms with Crippen molar-refractivity contribution in [3.05, 3.63) is 0 Å². The highest BCUT2D eigenvalue weighted by atomic mass is 19.4. The predicted molar refractivity (Wildman–Crippen MR) is 133 cm³/mol. The number of fused-ring (bicyclic) bond motifs is 2. The minimum atomic E-state index is -5.93. The van der Waals surface area contributed by atoms with Gasteiger partial charge in [-0.25, -0.2) is 0 Å². The monoisotopic (exact) mass is 650 g/mol. The molecule has 0 aromatic rings. The molecule has 0 heterocycles. The Morgan fingerprint density at radius 1 is 0.628 bits per heavy atom. The minimum Gasteiger partial charge on any atom is -0.374 e. The molecule has 0 radical (unpaired) electrons. The second kappa shape index (κ2) is 10.8. The van der Waals surface area contributed by atoms with Gasteiger partial charge >= 0.3 is 24.7 Å². The van der Waals surface area contributed by atoms with Crippen LogP contribution >= 0.6 is 0 Å². The molecule has 2 N–H and O–H groups in total. The summed E-state index contributed by atoms with van der Waals surface area (Å²) in [5.74, 6) is -2.12. The van der Waals surface area contributed by atoms with Crippen LogP contribution in [0.1, 0.15) is 98.8 Å². The molecule has 0 aromatic heterocycles. The Hall–Kier alpha value is -0.920. The van der Waals surface area contributed by atoms with Gasteiger partial charge in [0.1, 0.15) is 0 Å². The summed E-state index contributed by atoms with van der Waals surface area (Å²) in [6, 6.07) is 0. The van der Waals surface area contributed by atoms with Crippen LogP contribution in [0.2, 0.25) is 0 Å². The van der Waals surface area contributed by atoms with E-state index < -0.39 is 71.9 Å². The predicted octanol–water partition coefficient (Wildman–Crippen LogP) is 9.78. The molecule has 0 bridgehead atoms. The molecule has 3 saturated carbocycles. The van der Waals surface area contributed by atoms with Gasteiger partial charge < -0.3 is 10.2 Å². The first-order chi connectivity index (χ1) is 19.0. The zero-order chi connectivity index (χ0) is 33.5. The van der Waals surface area contributed by atoms with Crippen LogP contribution in [0, 0.1) is 45.8 Å². The maximum atomic E-state index is 13.5. The van der Waals surface area contributed by atoms with Crippen molar-refractivity contribution in [3.63, 3.8) is 0 Å². The maximum absolute atomic E-state index is 13.5. The molecule has 3 aliphatic carbocycles. The molecule has 0 aromatic carbocycles. The lowest BCUT2D eigenvalue weighted by Crippen LogP contribution is -2.58. The van der Waals surface area contributed by atoms with Crippen LogP contribution in [0.15, 0.2) is 0 Å². The van der Waals surface area contributed by atoms with Gasteiger partial charge in [-0.05, 0) is 97.2 Å². The molecule has 43 heavy (non-hydrogen) atoms. The Kier molecular flexibility index (Phi) is 9.20. The van der Waals surface area contributed by atoms with E-state index in [0.717, 1.165) is 0 Å². The number of hydrogen-bond donors (Lipinski definition) is 2. The first-order valence-corrected chi connectivity index (χ1v) is 14.7. The van der Waals surface area contributed by atoms with E-state index in [1.54, 1.807) is 0 Å². The van der Waals surface area contributed by atoms with E-state index in [0.29, 0.717) is 19.3 Å². The van der Waals surface area contributed by atoms with E-state index in [9.17, 15) is 62.9 Å². The number of hydrogen-bond acceptors (Lipinski definition) is 2. The first-order valence-electron chi connectivity index (χ1n) is 14.7. The third kappa shape index (κ3) is 6.02. The molecule has 3 aliphatic rings. The Bertz CT molecular complexity index is 965. The third-order valence-electron chi connectivity index (χ3n) is 11.5. The molecule has 6 unspecified atom stereocenters. The summed E-state index contributed by atoms with van der Waals surface area (Å²) in [4.78, 5) is 0. The van der Waals surface area contributed by atoms with Gasteiger partial charge in [0.2, 0.25) is 0 Å². The van der Waals surface area contributed by atoms with Gasteiger partial charge in [-0.15, -0.1) is 0 Å². The van der Waals surface area contributed by atoms with Crippen LogP contribution < -0.4 is 0 Å². The van der Waals surface area contributed by atoms with Gasteiger partial charge in [0.05, 0.1) is 0 Å². The fourth-order valence-electron chi connectivity index (χ4n) is 9.92. The van der Waals surface area contributed by atoms with Crippen molar-refractivity contribution in [1.29, 1.82) is 0 Å². The lowest BCUT2D eigenvalue weighted by molar-refractivity contribution is -0.373. The van der Waals surface area contributed by atoms with Crippen LogP contribution in [0.25, 0.3) is 0 Å². The van der Waals surface area contributed by atoms with Gasteiger partial charge in [-0.2, -0.15) is 52.7 Å². The molecule has 0 aliphatic heterocycles. The molecule has 2 nitrogen and oxygen atoms in total. The van der Waals surface area contributed by atoms with Crippen molar-refractivity contribution in [1.82, 2.24) is 0 Å². The van der Waals surface area contributed by atoms with Gasteiger partial charge in [0.15, 0.2) is 0 Å². The Balaban J connectivity index is 1.93. The van der Waals surface area contributed by atoms with E-state index in [-0.39, 0.29) is 54.8 Å². The van der Waals surface area contributed by atoms with E-state index in [1.165, 1.54) is 0 Å². The summed E-state index contributed by atoms with van der Waals surface area (Å²) < 4.78 is 161. The molecule has 0 saturated heterocycles. The summed E-state index contributed by atoms with van der Waals surface area (Å²) in [5, 5.41) is 19.6.